The van der Waals surface area contributed by atoms with Crippen LogP contribution in [0.25, 0.3) is 16.9 Å². The number of hydrogen-bond acceptors (Lipinski definition) is 7. The standard InChI is InChI=1S/C22H30N6O4S/c1-4-7-20-23-15-18-22(29)24-21(25-28(18)20)17-14-16(8-9-19(17)32-6-3)33(30,31)27-12-10-26(5-2)11-13-27/h8-9,14-15H,4-7,10-13H2,1-3H3,(H,24,25,29). The summed E-state index contributed by atoms with van der Waals surface area (Å²) in [5, 5.41) is 4.59. The molecule has 0 unspecified atom stereocenters. The topological polar surface area (TPSA) is 113 Å². The SMILES string of the molecule is CCCc1ncc2c(=O)[nH]c(-c3cc(S(=O)(=O)N4CCN(CC)CC4)ccc3OCC)nn12. The number of hydrogen-bond donors (Lipinski definition) is 1. The lowest BCUT2D eigenvalue weighted by atomic mass is 10.2. The van der Waals surface area contributed by atoms with Crippen LogP contribution in [0, 0.1) is 0 Å². The normalized spacial score (nSPS) is 15.8. The van der Waals surface area contributed by atoms with Crippen LogP contribution in [0.15, 0.2) is 34.1 Å². The van der Waals surface area contributed by atoms with Gasteiger partial charge in [-0.1, -0.05) is 13.8 Å². The van der Waals surface area contributed by atoms with Gasteiger partial charge in [-0.05, 0) is 38.1 Å². The molecule has 1 saturated heterocycles. The Balaban J connectivity index is 1.79. The molecule has 11 heteroatoms. The van der Waals surface area contributed by atoms with Crippen molar-refractivity contribution in [1.82, 2.24) is 28.8 Å². The molecule has 1 N–H and O–H groups in total. The predicted molar refractivity (Wildman–Crippen MR) is 125 cm³/mol. The predicted octanol–water partition coefficient (Wildman–Crippen LogP) is 1.76. The number of aromatic nitrogens is 4. The van der Waals surface area contributed by atoms with Crippen molar-refractivity contribution in [3.05, 3.63) is 40.6 Å². The summed E-state index contributed by atoms with van der Waals surface area (Å²) in [4.78, 5) is 22.2. The highest BCUT2D eigenvalue weighted by atomic mass is 32.2. The van der Waals surface area contributed by atoms with E-state index in [1.807, 2.05) is 13.8 Å². The highest BCUT2D eigenvalue weighted by Crippen LogP contribution is 2.31. The van der Waals surface area contributed by atoms with Crippen molar-refractivity contribution in [1.29, 1.82) is 0 Å². The van der Waals surface area contributed by atoms with Crippen molar-refractivity contribution in [2.24, 2.45) is 0 Å². The lowest BCUT2D eigenvalue weighted by Crippen LogP contribution is -2.48. The summed E-state index contributed by atoms with van der Waals surface area (Å²) in [6.45, 7) is 9.50. The molecule has 0 aliphatic carbocycles. The molecule has 178 valence electrons. The third-order valence-electron chi connectivity index (χ3n) is 5.87. The molecule has 2 aromatic heterocycles. The molecule has 1 aromatic carbocycles. The molecule has 0 saturated carbocycles. The van der Waals surface area contributed by atoms with Gasteiger partial charge in [0.1, 0.15) is 11.6 Å². The molecule has 1 aliphatic rings. The maximum Gasteiger partial charge on any atom is 0.277 e. The van der Waals surface area contributed by atoms with Crippen LogP contribution in [0.3, 0.4) is 0 Å². The second-order valence-corrected chi connectivity index (χ2v) is 9.89. The van der Waals surface area contributed by atoms with E-state index in [0.29, 0.717) is 61.9 Å². The van der Waals surface area contributed by atoms with E-state index in [4.69, 9.17) is 4.74 Å². The van der Waals surface area contributed by atoms with E-state index >= 15 is 0 Å². The minimum Gasteiger partial charge on any atom is -0.493 e. The second kappa shape index (κ2) is 9.62. The molecular formula is C22H30N6O4S. The van der Waals surface area contributed by atoms with E-state index < -0.39 is 10.0 Å². The Morgan fingerprint density at radius 2 is 1.88 bits per heavy atom. The quantitative estimate of drug-likeness (QED) is 0.529. The number of sulfonamides is 1. The third kappa shape index (κ3) is 4.53. The van der Waals surface area contributed by atoms with Crippen LogP contribution >= 0.6 is 0 Å². The summed E-state index contributed by atoms with van der Waals surface area (Å²) in [5.41, 5.74) is 0.416. The van der Waals surface area contributed by atoms with Gasteiger partial charge in [-0.15, -0.1) is 5.10 Å². The Labute approximate surface area is 193 Å². The molecule has 3 heterocycles. The lowest BCUT2D eigenvalue weighted by Gasteiger charge is -2.33. The van der Waals surface area contributed by atoms with Gasteiger partial charge in [0, 0.05) is 32.6 Å². The van der Waals surface area contributed by atoms with Crippen molar-refractivity contribution in [3.8, 4) is 17.1 Å². The maximum atomic E-state index is 13.4. The molecule has 3 aromatic rings. The number of likely N-dealkylation sites (N-methyl/N-ethyl adjacent to an activating group) is 1. The van der Waals surface area contributed by atoms with E-state index in [0.717, 1.165) is 13.0 Å². The van der Waals surface area contributed by atoms with Gasteiger partial charge in [0.2, 0.25) is 10.0 Å². The number of imidazole rings is 1. The number of nitrogens with zero attached hydrogens (tertiary/aromatic N) is 5. The van der Waals surface area contributed by atoms with Crippen LogP contribution in [-0.4, -0.2) is 76.5 Å². The molecule has 0 spiro atoms. The van der Waals surface area contributed by atoms with E-state index in [1.165, 1.54) is 21.1 Å². The Kier molecular flexibility index (Phi) is 6.82. The van der Waals surface area contributed by atoms with Crippen LogP contribution in [0.2, 0.25) is 0 Å². The van der Waals surface area contributed by atoms with E-state index in [9.17, 15) is 13.2 Å². The third-order valence-corrected chi connectivity index (χ3v) is 7.76. The maximum absolute atomic E-state index is 13.4. The molecule has 4 rings (SSSR count). The Bertz CT molecular complexity index is 1290. The Morgan fingerprint density at radius 1 is 1.12 bits per heavy atom. The molecule has 0 bridgehead atoms. The van der Waals surface area contributed by atoms with Crippen molar-refractivity contribution in [3.63, 3.8) is 0 Å². The van der Waals surface area contributed by atoms with Crippen LogP contribution < -0.4 is 10.3 Å². The van der Waals surface area contributed by atoms with Gasteiger partial charge in [-0.2, -0.15) is 4.31 Å². The number of fused-ring (bicyclic) bond motifs is 1. The summed E-state index contributed by atoms with van der Waals surface area (Å²) >= 11 is 0. The monoisotopic (exact) mass is 474 g/mol. The number of piperazine rings is 1. The van der Waals surface area contributed by atoms with Crippen molar-refractivity contribution < 1.29 is 13.2 Å². The van der Waals surface area contributed by atoms with Crippen LogP contribution in [0.4, 0.5) is 0 Å². The van der Waals surface area contributed by atoms with Crippen molar-refractivity contribution in [2.75, 3.05) is 39.3 Å². The number of nitrogens with one attached hydrogen (secondary N) is 1. The average Bonchev–Trinajstić information content (AvgIpc) is 3.23. The Hall–Kier alpha value is -2.76. The molecular weight excluding hydrogens is 444 g/mol. The summed E-state index contributed by atoms with van der Waals surface area (Å²) in [5.74, 6) is 1.36. The number of aromatic amines is 1. The summed E-state index contributed by atoms with van der Waals surface area (Å²) in [6, 6.07) is 4.71. The van der Waals surface area contributed by atoms with E-state index in [2.05, 4.69) is 26.9 Å². The van der Waals surface area contributed by atoms with Gasteiger partial charge in [0.15, 0.2) is 11.3 Å². The first-order valence-electron chi connectivity index (χ1n) is 11.4. The molecule has 1 fully saturated rings. The number of benzene rings is 1. The number of rotatable bonds is 8. The largest absolute Gasteiger partial charge is 0.493 e. The van der Waals surface area contributed by atoms with Crippen molar-refractivity contribution in [2.45, 2.75) is 38.5 Å². The molecule has 0 atom stereocenters. The summed E-state index contributed by atoms with van der Waals surface area (Å²) < 4.78 is 35.5. The minimum absolute atomic E-state index is 0.146. The highest BCUT2D eigenvalue weighted by molar-refractivity contribution is 7.89. The zero-order valence-electron chi connectivity index (χ0n) is 19.2. The fraction of sp³-hybridized carbons (Fsp3) is 0.500. The first kappa shape index (κ1) is 23.4. The van der Waals surface area contributed by atoms with E-state index in [-0.39, 0.29) is 16.3 Å². The van der Waals surface area contributed by atoms with Crippen LogP contribution in [0.5, 0.6) is 5.75 Å². The zero-order chi connectivity index (χ0) is 23.6. The van der Waals surface area contributed by atoms with E-state index in [1.54, 1.807) is 12.1 Å². The molecule has 0 amide bonds. The first-order valence-corrected chi connectivity index (χ1v) is 12.8. The fourth-order valence-corrected chi connectivity index (χ4v) is 5.48. The molecule has 10 nitrogen and oxygen atoms in total. The van der Waals surface area contributed by atoms with Gasteiger partial charge in [-0.3, -0.25) is 4.79 Å². The van der Waals surface area contributed by atoms with Crippen LogP contribution in [-0.2, 0) is 16.4 Å². The second-order valence-electron chi connectivity index (χ2n) is 7.95. The first-order chi connectivity index (χ1) is 15.9. The molecule has 33 heavy (non-hydrogen) atoms. The smallest absolute Gasteiger partial charge is 0.277 e. The minimum atomic E-state index is -3.70. The van der Waals surface area contributed by atoms with Crippen LogP contribution in [0.1, 0.15) is 33.0 Å². The van der Waals surface area contributed by atoms with Gasteiger partial charge in [-0.25, -0.2) is 17.9 Å². The Morgan fingerprint density at radius 3 is 2.55 bits per heavy atom. The number of H-pyrrole nitrogens is 1. The van der Waals surface area contributed by atoms with Gasteiger partial charge in [0.25, 0.3) is 5.56 Å². The molecule has 1 aliphatic heterocycles. The number of aryl methyl sites for hydroxylation is 1. The number of ether oxygens (including phenoxy) is 1. The van der Waals surface area contributed by atoms with Crippen molar-refractivity contribution >= 4 is 15.5 Å². The zero-order valence-corrected chi connectivity index (χ0v) is 20.1. The fourth-order valence-electron chi connectivity index (χ4n) is 4.03. The summed E-state index contributed by atoms with van der Waals surface area (Å²) in [7, 11) is -3.70. The van der Waals surface area contributed by atoms with Gasteiger partial charge >= 0.3 is 0 Å². The lowest BCUT2D eigenvalue weighted by molar-refractivity contribution is 0.196. The summed E-state index contributed by atoms with van der Waals surface area (Å²) in [6.07, 6.45) is 3.02. The van der Waals surface area contributed by atoms with Gasteiger partial charge < -0.3 is 14.6 Å². The highest BCUT2D eigenvalue weighted by Gasteiger charge is 2.29. The van der Waals surface area contributed by atoms with Gasteiger partial charge in [0.05, 0.1) is 23.3 Å². The average molecular weight is 475 g/mol. The molecule has 0 radical (unpaired) electrons.